The maximum Gasteiger partial charge on any atom is 0.0938 e. The highest BCUT2D eigenvalue weighted by Gasteiger charge is 2.01. The Balaban J connectivity index is 1.97. The first kappa shape index (κ1) is 10.6. The lowest BCUT2D eigenvalue weighted by molar-refractivity contribution is 0.666. The second-order valence-corrected chi connectivity index (χ2v) is 5.00. The summed E-state index contributed by atoms with van der Waals surface area (Å²) in [6.45, 7) is 2.25. The van der Waals surface area contributed by atoms with Crippen molar-refractivity contribution in [3.63, 3.8) is 0 Å². The second-order valence-electron chi connectivity index (χ2n) is 3.89. The van der Waals surface area contributed by atoms with Crippen LogP contribution in [0.2, 0.25) is 0 Å². The third-order valence-electron chi connectivity index (χ3n) is 2.58. The van der Waals surface area contributed by atoms with E-state index in [0.717, 1.165) is 11.9 Å². The number of unbranched alkanes of at least 4 members (excludes halogenated alkanes) is 3. The van der Waals surface area contributed by atoms with Crippen LogP contribution in [0.25, 0.3) is 10.2 Å². The molecule has 0 spiro atoms. The lowest BCUT2D eigenvalue weighted by Crippen LogP contribution is -1.83. The summed E-state index contributed by atoms with van der Waals surface area (Å²) < 4.78 is 1.32. The molecule has 0 aliphatic carbocycles. The van der Waals surface area contributed by atoms with Gasteiger partial charge in [-0.3, -0.25) is 0 Å². The van der Waals surface area contributed by atoms with Gasteiger partial charge >= 0.3 is 0 Å². The summed E-state index contributed by atoms with van der Waals surface area (Å²) >= 11 is 1.84. The minimum Gasteiger partial charge on any atom is -0.241 e. The van der Waals surface area contributed by atoms with Crippen molar-refractivity contribution in [1.29, 1.82) is 0 Å². The molecule has 0 aliphatic heterocycles. The fourth-order valence-electron chi connectivity index (χ4n) is 1.73. The Morgan fingerprint density at radius 2 is 2.00 bits per heavy atom. The van der Waals surface area contributed by atoms with Crippen LogP contribution in [0.15, 0.2) is 24.3 Å². The standard InChI is InChI=1S/C13H17NS/c1-2-3-4-5-10-13-14-11-8-6-7-9-12(11)15-13/h6-9H,2-5,10H2,1H3. The third-order valence-corrected chi connectivity index (χ3v) is 3.68. The largest absolute Gasteiger partial charge is 0.241 e. The van der Waals surface area contributed by atoms with E-state index in [2.05, 4.69) is 36.2 Å². The molecule has 0 unspecified atom stereocenters. The number of para-hydroxylation sites is 1. The SMILES string of the molecule is CCCCCCc1nc2ccccc2s1. The maximum absolute atomic E-state index is 4.63. The molecule has 0 fully saturated rings. The van der Waals surface area contributed by atoms with Crippen molar-refractivity contribution in [3.8, 4) is 0 Å². The van der Waals surface area contributed by atoms with E-state index in [1.807, 2.05) is 11.3 Å². The molecule has 0 N–H and O–H groups in total. The molecule has 0 amide bonds. The van der Waals surface area contributed by atoms with Crippen molar-refractivity contribution in [2.24, 2.45) is 0 Å². The quantitative estimate of drug-likeness (QED) is 0.678. The van der Waals surface area contributed by atoms with Crippen LogP contribution in [0.1, 0.15) is 37.6 Å². The first-order chi connectivity index (χ1) is 7.40. The van der Waals surface area contributed by atoms with Gasteiger partial charge in [0, 0.05) is 0 Å². The third kappa shape index (κ3) is 2.78. The topological polar surface area (TPSA) is 12.9 Å². The molecule has 15 heavy (non-hydrogen) atoms. The predicted molar refractivity (Wildman–Crippen MR) is 67.5 cm³/mol. The zero-order chi connectivity index (χ0) is 10.5. The average Bonchev–Trinajstić information content (AvgIpc) is 2.67. The van der Waals surface area contributed by atoms with Crippen molar-refractivity contribution >= 4 is 21.6 Å². The molecule has 0 bridgehead atoms. The van der Waals surface area contributed by atoms with Gasteiger partial charge in [0.2, 0.25) is 0 Å². The highest BCUT2D eigenvalue weighted by atomic mass is 32.1. The first-order valence-electron chi connectivity index (χ1n) is 5.74. The van der Waals surface area contributed by atoms with Gasteiger partial charge in [0.25, 0.3) is 0 Å². The van der Waals surface area contributed by atoms with Crippen LogP contribution in [-0.4, -0.2) is 4.98 Å². The summed E-state index contributed by atoms with van der Waals surface area (Å²) in [5.41, 5.74) is 1.16. The van der Waals surface area contributed by atoms with Crippen LogP contribution < -0.4 is 0 Å². The van der Waals surface area contributed by atoms with E-state index in [0.29, 0.717) is 0 Å². The molecular weight excluding hydrogens is 202 g/mol. The van der Waals surface area contributed by atoms with E-state index in [-0.39, 0.29) is 0 Å². The van der Waals surface area contributed by atoms with Crippen molar-refractivity contribution in [3.05, 3.63) is 29.3 Å². The highest BCUT2D eigenvalue weighted by Crippen LogP contribution is 2.22. The maximum atomic E-state index is 4.63. The molecule has 0 atom stereocenters. The van der Waals surface area contributed by atoms with E-state index >= 15 is 0 Å². The van der Waals surface area contributed by atoms with Gasteiger partial charge in [0.1, 0.15) is 0 Å². The number of hydrogen-bond acceptors (Lipinski definition) is 2. The van der Waals surface area contributed by atoms with Gasteiger partial charge in [0.05, 0.1) is 15.2 Å². The number of fused-ring (bicyclic) bond motifs is 1. The number of hydrogen-bond donors (Lipinski definition) is 0. The molecule has 1 aromatic heterocycles. The normalized spacial score (nSPS) is 11.0. The van der Waals surface area contributed by atoms with Gasteiger partial charge < -0.3 is 0 Å². The van der Waals surface area contributed by atoms with Crippen LogP contribution in [0.3, 0.4) is 0 Å². The number of rotatable bonds is 5. The van der Waals surface area contributed by atoms with E-state index in [1.165, 1.54) is 35.4 Å². The smallest absolute Gasteiger partial charge is 0.0938 e. The molecule has 2 heteroatoms. The van der Waals surface area contributed by atoms with E-state index in [9.17, 15) is 0 Å². The van der Waals surface area contributed by atoms with Crippen LogP contribution in [-0.2, 0) is 6.42 Å². The fourth-order valence-corrected chi connectivity index (χ4v) is 2.74. The summed E-state index contributed by atoms with van der Waals surface area (Å²) in [6.07, 6.45) is 6.43. The van der Waals surface area contributed by atoms with Gasteiger partial charge in [-0.25, -0.2) is 4.98 Å². The Hall–Kier alpha value is -0.890. The van der Waals surface area contributed by atoms with E-state index < -0.39 is 0 Å². The minimum atomic E-state index is 1.15. The summed E-state index contributed by atoms with van der Waals surface area (Å²) in [7, 11) is 0. The Labute approximate surface area is 95.2 Å². The zero-order valence-electron chi connectivity index (χ0n) is 9.20. The Morgan fingerprint density at radius 1 is 1.13 bits per heavy atom. The highest BCUT2D eigenvalue weighted by molar-refractivity contribution is 7.18. The van der Waals surface area contributed by atoms with Crippen molar-refractivity contribution < 1.29 is 0 Å². The molecule has 1 heterocycles. The van der Waals surface area contributed by atoms with E-state index in [1.54, 1.807) is 0 Å². The molecular formula is C13H17NS. The Kier molecular flexibility index (Phi) is 3.73. The molecule has 1 nitrogen and oxygen atoms in total. The van der Waals surface area contributed by atoms with Gasteiger partial charge in [-0.05, 0) is 25.0 Å². The fraction of sp³-hybridized carbons (Fsp3) is 0.462. The molecule has 80 valence electrons. The first-order valence-corrected chi connectivity index (χ1v) is 6.56. The van der Waals surface area contributed by atoms with Crippen molar-refractivity contribution in [2.45, 2.75) is 39.0 Å². The summed E-state index contributed by atoms with van der Waals surface area (Å²) in [5, 5.41) is 1.30. The number of aromatic nitrogens is 1. The molecule has 1 aromatic carbocycles. The van der Waals surface area contributed by atoms with E-state index in [4.69, 9.17) is 0 Å². The van der Waals surface area contributed by atoms with Crippen molar-refractivity contribution in [1.82, 2.24) is 4.98 Å². The predicted octanol–water partition coefficient (Wildman–Crippen LogP) is 4.42. The molecule has 0 saturated carbocycles. The monoisotopic (exact) mass is 219 g/mol. The lowest BCUT2D eigenvalue weighted by Gasteiger charge is -1.95. The average molecular weight is 219 g/mol. The molecule has 0 saturated heterocycles. The number of thiazole rings is 1. The number of nitrogens with zero attached hydrogens (tertiary/aromatic N) is 1. The van der Waals surface area contributed by atoms with Crippen LogP contribution in [0.5, 0.6) is 0 Å². The molecule has 2 rings (SSSR count). The zero-order valence-corrected chi connectivity index (χ0v) is 10.0. The Morgan fingerprint density at radius 3 is 2.80 bits per heavy atom. The van der Waals surface area contributed by atoms with Crippen molar-refractivity contribution in [2.75, 3.05) is 0 Å². The van der Waals surface area contributed by atoms with Gasteiger partial charge in [-0.1, -0.05) is 38.3 Å². The van der Waals surface area contributed by atoms with Gasteiger partial charge in [-0.2, -0.15) is 0 Å². The van der Waals surface area contributed by atoms with Crippen LogP contribution in [0.4, 0.5) is 0 Å². The van der Waals surface area contributed by atoms with Gasteiger partial charge in [0.15, 0.2) is 0 Å². The lowest BCUT2D eigenvalue weighted by atomic mass is 10.2. The summed E-state index contributed by atoms with van der Waals surface area (Å²) in [4.78, 5) is 4.63. The number of aryl methyl sites for hydroxylation is 1. The molecule has 0 radical (unpaired) electrons. The summed E-state index contributed by atoms with van der Waals surface area (Å²) in [5.74, 6) is 0. The molecule has 2 aromatic rings. The van der Waals surface area contributed by atoms with Crippen LogP contribution in [0, 0.1) is 0 Å². The second kappa shape index (κ2) is 5.26. The minimum absolute atomic E-state index is 1.15. The Bertz CT molecular complexity index is 386. The summed E-state index contributed by atoms with van der Waals surface area (Å²) in [6, 6.07) is 8.40. The molecule has 0 aliphatic rings. The van der Waals surface area contributed by atoms with Crippen LogP contribution >= 0.6 is 11.3 Å². The van der Waals surface area contributed by atoms with Gasteiger partial charge in [-0.15, -0.1) is 11.3 Å². The number of benzene rings is 1.